The maximum absolute atomic E-state index is 12.4. The number of Topliss-reactive ketones (excluding diaryl/α,β-unsaturated/α-hetero) is 1. The highest BCUT2D eigenvalue weighted by atomic mass is 19.1. The van der Waals surface area contributed by atoms with Crippen molar-refractivity contribution in [2.45, 2.75) is 12.5 Å². The van der Waals surface area contributed by atoms with Crippen molar-refractivity contribution in [1.29, 1.82) is 0 Å². The van der Waals surface area contributed by atoms with Crippen LogP contribution in [0.3, 0.4) is 0 Å². The van der Waals surface area contributed by atoms with Gasteiger partial charge in [0.2, 0.25) is 5.91 Å². The fraction of sp³-hybridized carbons (Fsp3) is 0.333. The number of ketones is 1. The van der Waals surface area contributed by atoms with Gasteiger partial charge in [0.25, 0.3) is 0 Å². The minimum absolute atomic E-state index is 0.217. The number of benzene rings is 1. The van der Waals surface area contributed by atoms with E-state index >= 15 is 0 Å². The Balaban J connectivity index is 2.70. The first-order valence-corrected chi connectivity index (χ1v) is 5.29. The van der Waals surface area contributed by atoms with Crippen LogP contribution in [0.15, 0.2) is 30.3 Å². The Morgan fingerprint density at radius 1 is 1.29 bits per heavy atom. The van der Waals surface area contributed by atoms with Crippen molar-refractivity contribution in [2.24, 2.45) is 5.73 Å². The number of carbonyl (C=O) groups is 2. The third-order valence-electron chi connectivity index (χ3n) is 2.32. The molecule has 92 valence electrons. The molecule has 0 radical (unpaired) electrons. The molecule has 5 heteroatoms. The molecule has 1 amide bonds. The molecule has 0 aliphatic carbocycles. The van der Waals surface area contributed by atoms with Crippen LogP contribution in [0.5, 0.6) is 0 Å². The summed E-state index contributed by atoms with van der Waals surface area (Å²) in [5.41, 5.74) is 6.00. The fourth-order valence-corrected chi connectivity index (χ4v) is 1.44. The summed E-state index contributed by atoms with van der Waals surface area (Å²) in [4.78, 5) is 22.5. The van der Waals surface area contributed by atoms with Crippen LogP contribution >= 0.6 is 0 Å². The fourth-order valence-electron chi connectivity index (χ4n) is 1.44. The Hall–Kier alpha value is -1.75. The predicted molar refractivity (Wildman–Crippen MR) is 62.1 cm³/mol. The zero-order chi connectivity index (χ0) is 12.7. The molecule has 0 heterocycles. The largest absolute Gasteiger partial charge is 0.345 e. The minimum Gasteiger partial charge on any atom is -0.345 e. The lowest BCUT2D eigenvalue weighted by Gasteiger charge is -2.15. The Labute approximate surface area is 99.0 Å². The van der Waals surface area contributed by atoms with Crippen molar-refractivity contribution >= 4 is 11.7 Å². The number of hydrogen-bond donors (Lipinski definition) is 2. The molecule has 0 spiro atoms. The zero-order valence-corrected chi connectivity index (χ0v) is 9.36. The molecular formula is C12H15FN2O2. The first-order valence-electron chi connectivity index (χ1n) is 5.29. The number of alkyl halides is 1. The van der Waals surface area contributed by atoms with E-state index in [1.165, 1.54) is 0 Å². The summed E-state index contributed by atoms with van der Waals surface area (Å²) in [5, 5.41) is 2.41. The molecular weight excluding hydrogens is 223 g/mol. The minimum atomic E-state index is -1.09. The molecule has 1 aromatic rings. The number of nitrogens with two attached hydrogens (primary N) is 1. The van der Waals surface area contributed by atoms with E-state index in [1.54, 1.807) is 0 Å². The van der Waals surface area contributed by atoms with Crippen LogP contribution in [0, 0.1) is 0 Å². The van der Waals surface area contributed by atoms with Crippen LogP contribution in [-0.4, -0.2) is 31.0 Å². The van der Waals surface area contributed by atoms with Gasteiger partial charge in [-0.3, -0.25) is 9.59 Å². The summed E-state index contributed by atoms with van der Waals surface area (Å²) in [6.07, 6.45) is 0.273. The molecule has 0 aliphatic heterocycles. The lowest BCUT2D eigenvalue weighted by atomic mass is 10.0. The van der Waals surface area contributed by atoms with Crippen LogP contribution in [0.1, 0.15) is 5.56 Å². The number of amides is 1. The van der Waals surface area contributed by atoms with E-state index < -0.39 is 24.4 Å². The number of carbonyl (C=O) groups excluding carboxylic acids is 2. The number of halogens is 1. The molecule has 0 bridgehead atoms. The summed E-state index contributed by atoms with van der Waals surface area (Å²) in [6, 6.07) is 8.25. The summed E-state index contributed by atoms with van der Waals surface area (Å²) >= 11 is 0. The monoisotopic (exact) mass is 238 g/mol. The van der Waals surface area contributed by atoms with Crippen molar-refractivity contribution in [2.75, 3.05) is 13.2 Å². The standard InChI is InChI=1S/C12H15FN2O2/c13-7-11(16)10(15-12(17)8-14)6-9-4-2-1-3-5-9/h1-5,10H,6-8,14H2,(H,15,17). The molecule has 4 nitrogen and oxygen atoms in total. The van der Waals surface area contributed by atoms with E-state index in [2.05, 4.69) is 5.32 Å². The third kappa shape index (κ3) is 4.32. The van der Waals surface area contributed by atoms with E-state index in [9.17, 15) is 14.0 Å². The van der Waals surface area contributed by atoms with Gasteiger partial charge in [0.15, 0.2) is 5.78 Å². The van der Waals surface area contributed by atoms with Gasteiger partial charge in [0.05, 0.1) is 12.6 Å². The van der Waals surface area contributed by atoms with Crippen molar-refractivity contribution in [3.63, 3.8) is 0 Å². The highest BCUT2D eigenvalue weighted by Crippen LogP contribution is 2.04. The van der Waals surface area contributed by atoms with Gasteiger partial charge >= 0.3 is 0 Å². The van der Waals surface area contributed by atoms with Gasteiger partial charge in [0.1, 0.15) is 6.67 Å². The van der Waals surface area contributed by atoms with Crippen LogP contribution in [0.25, 0.3) is 0 Å². The molecule has 1 unspecified atom stereocenters. The molecule has 0 aliphatic rings. The Morgan fingerprint density at radius 2 is 1.94 bits per heavy atom. The summed E-state index contributed by atoms with van der Waals surface area (Å²) in [6.45, 7) is -1.31. The lowest BCUT2D eigenvalue weighted by molar-refractivity contribution is -0.127. The molecule has 1 rings (SSSR count). The molecule has 0 aromatic heterocycles. The van der Waals surface area contributed by atoms with Crippen molar-refractivity contribution in [3.05, 3.63) is 35.9 Å². The normalized spacial score (nSPS) is 11.9. The first-order chi connectivity index (χ1) is 8.17. The lowest BCUT2D eigenvalue weighted by Crippen LogP contribution is -2.45. The second-order valence-corrected chi connectivity index (χ2v) is 3.61. The van der Waals surface area contributed by atoms with Gasteiger partial charge in [-0.1, -0.05) is 30.3 Å². The van der Waals surface area contributed by atoms with E-state index in [-0.39, 0.29) is 13.0 Å². The highest BCUT2D eigenvalue weighted by molar-refractivity contribution is 5.90. The molecule has 17 heavy (non-hydrogen) atoms. The topological polar surface area (TPSA) is 72.2 Å². The number of rotatable bonds is 6. The van der Waals surface area contributed by atoms with E-state index in [0.29, 0.717) is 0 Å². The van der Waals surface area contributed by atoms with Crippen LogP contribution in [-0.2, 0) is 16.0 Å². The number of hydrogen-bond acceptors (Lipinski definition) is 3. The second kappa shape index (κ2) is 6.75. The second-order valence-electron chi connectivity index (χ2n) is 3.61. The maximum atomic E-state index is 12.4. The van der Waals surface area contributed by atoms with E-state index in [1.807, 2.05) is 30.3 Å². The molecule has 0 saturated carbocycles. The van der Waals surface area contributed by atoms with Crippen molar-refractivity contribution in [3.8, 4) is 0 Å². The number of nitrogens with one attached hydrogen (secondary N) is 1. The predicted octanol–water partition coefficient (Wildman–Crippen LogP) is 0.211. The quantitative estimate of drug-likeness (QED) is 0.744. The smallest absolute Gasteiger partial charge is 0.234 e. The van der Waals surface area contributed by atoms with Gasteiger partial charge in [-0.05, 0) is 12.0 Å². The van der Waals surface area contributed by atoms with Gasteiger partial charge < -0.3 is 11.1 Å². The Morgan fingerprint density at radius 3 is 2.47 bits per heavy atom. The summed E-state index contributed by atoms with van der Waals surface area (Å²) < 4.78 is 12.4. The van der Waals surface area contributed by atoms with Crippen molar-refractivity contribution < 1.29 is 14.0 Å². The first kappa shape index (κ1) is 13.3. The average molecular weight is 238 g/mol. The molecule has 0 saturated heterocycles. The van der Waals surface area contributed by atoms with Gasteiger partial charge in [-0.15, -0.1) is 0 Å². The molecule has 1 aromatic carbocycles. The average Bonchev–Trinajstić information content (AvgIpc) is 2.38. The Kier molecular flexibility index (Phi) is 5.29. The third-order valence-corrected chi connectivity index (χ3v) is 2.32. The van der Waals surface area contributed by atoms with E-state index in [4.69, 9.17) is 5.73 Å². The van der Waals surface area contributed by atoms with E-state index in [0.717, 1.165) is 5.56 Å². The van der Waals surface area contributed by atoms with Crippen molar-refractivity contribution in [1.82, 2.24) is 5.32 Å². The molecule has 3 N–H and O–H groups in total. The summed E-state index contributed by atoms with van der Waals surface area (Å²) in [5.74, 6) is -1.11. The SMILES string of the molecule is NCC(=O)NC(Cc1ccccc1)C(=O)CF. The van der Waals surface area contributed by atoms with Crippen LogP contribution < -0.4 is 11.1 Å². The van der Waals surface area contributed by atoms with Gasteiger partial charge in [-0.25, -0.2) is 4.39 Å². The van der Waals surface area contributed by atoms with Gasteiger partial charge in [-0.2, -0.15) is 0 Å². The molecule has 0 fully saturated rings. The highest BCUT2D eigenvalue weighted by Gasteiger charge is 2.20. The van der Waals surface area contributed by atoms with Crippen LogP contribution in [0.2, 0.25) is 0 Å². The Bertz CT molecular complexity index is 381. The maximum Gasteiger partial charge on any atom is 0.234 e. The molecule has 1 atom stereocenters. The zero-order valence-electron chi connectivity index (χ0n) is 9.36. The van der Waals surface area contributed by atoms with Gasteiger partial charge in [0, 0.05) is 0 Å². The van der Waals surface area contributed by atoms with Crippen LogP contribution in [0.4, 0.5) is 4.39 Å². The summed E-state index contributed by atoms with van der Waals surface area (Å²) in [7, 11) is 0.